The lowest BCUT2D eigenvalue weighted by Crippen LogP contribution is -2.21. The van der Waals surface area contributed by atoms with Gasteiger partial charge in [0.05, 0.1) is 17.2 Å². The van der Waals surface area contributed by atoms with Crippen molar-refractivity contribution in [2.75, 3.05) is 14.1 Å². The Kier molecular flexibility index (Phi) is 4.83. The average molecular weight is 454 g/mol. The first-order valence-electron chi connectivity index (χ1n) is 10.5. The van der Waals surface area contributed by atoms with Gasteiger partial charge in [0.2, 0.25) is 5.36 Å². The Balaban J connectivity index is 2.00. The number of hydrogen-bond donors (Lipinski definition) is 3. The third-order valence-corrected chi connectivity index (χ3v) is 5.95. The van der Waals surface area contributed by atoms with Crippen molar-refractivity contribution in [2.24, 2.45) is 0 Å². The maximum absolute atomic E-state index is 12.2. The van der Waals surface area contributed by atoms with Crippen LogP contribution in [-0.4, -0.2) is 41.4 Å². The van der Waals surface area contributed by atoms with E-state index in [4.69, 9.17) is 4.42 Å². The van der Waals surface area contributed by atoms with Crippen molar-refractivity contribution >= 4 is 33.7 Å². The van der Waals surface area contributed by atoms with Gasteiger partial charge in [-0.2, -0.15) is 0 Å². The van der Waals surface area contributed by atoms with E-state index in [1.807, 2.05) is 49.0 Å². The van der Waals surface area contributed by atoms with Crippen LogP contribution in [0.15, 0.2) is 71.1 Å². The molecule has 1 aliphatic heterocycles. The molecule has 34 heavy (non-hydrogen) atoms. The van der Waals surface area contributed by atoms with Gasteiger partial charge < -0.3 is 19.7 Å². The summed E-state index contributed by atoms with van der Waals surface area (Å²) < 4.78 is 8.30. The van der Waals surface area contributed by atoms with Crippen LogP contribution >= 0.6 is 0 Å². The van der Waals surface area contributed by atoms with Crippen LogP contribution in [0.25, 0.3) is 44.2 Å². The number of carboxylic acid groups (broad SMARTS) is 2. The lowest BCUT2D eigenvalue weighted by Gasteiger charge is -2.18. The van der Waals surface area contributed by atoms with Crippen LogP contribution in [-0.2, 0) is 0 Å². The minimum absolute atomic E-state index is 0.105. The lowest BCUT2D eigenvalue weighted by molar-refractivity contribution is 0.0696. The highest BCUT2D eigenvalue weighted by Crippen LogP contribution is 2.43. The van der Waals surface area contributed by atoms with E-state index >= 15 is 0 Å². The summed E-state index contributed by atoms with van der Waals surface area (Å²) >= 11 is 0. The second-order valence-electron chi connectivity index (χ2n) is 8.27. The van der Waals surface area contributed by atoms with Crippen molar-refractivity contribution in [3.05, 3.63) is 83.2 Å². The predicted octanol–water partition coefficient (Wildman–Crippen LogP) is 4.49. The largest absolute Gasteiger partial charge is 0.508 e. The highest BCUT2D eigenvalue weighted by atomic mass is 16.4. The summed E-state index contributed by atoms with van der Waals surface area (Å²) in [5.41, 5.74) is 2.03. The van der Waals surface area contributed by atoms with Crippen LogP contribution < -0.4 is 9.93 Å². The van der Waals surface area contributed by atoms with E-state index in [-0.39, 0.29) is 16.9 Å². The number of aromatic carboxylic acids is 2. The zero-order chi connectivity index (χ0) is 24.1. The second-order valence-corrected chi connectivity index (χ2v) is 8.27. The molecule has 0 saturated carbocycles. The highest BCUT2D eigenvalue weighted by molar-refractivity contribution is 6.14. The van der Waals surface area contributed by atoms with Crippen molar-refractivity contribution in [3.63, 3.8) is 0 Å². The van der Waals surface area contributed by atoms with Gasteiger partial charge in [0.25, 0.3) is 0 Å². The van der Waals surface area contributed by atoms with Crippen LogP contribution in [0.3, 0.4) is 0 Å². The molecule has 7 nitrogen and oxygen atoms in total. The maximum atomic E-state index is 12.2. The van der Waals surface area contributed by atoms with Crippen LogP contribution in [0.4, 0.5) is 0 Å². The highest BCUT2D eigenvalue weighted by Gasteiger charge is 2.24. The Bertz CT molecular complexity index is 1690. The molecule has 0 spiro atoms. The number of phenols is 1. The Hall–Kier alpha value is -4.65. The van der Waals surface area contributed by atoms with Crippen molar-refractivity contribution in [2.45, 2.75) is 0 Å². The molecule has 0 bridgehead atoms. The normalized spacial score (nSPS) is 11.2. The van der Waals surface area contributed by atoms with Gasteiger partial charge in [0.15, 0.2) is 0 Å². The van der Waals surface area contributed by atoms with Gasteiger partial charge in [-0.3, -0.25) is 0 Å². The topological polar surface area (TPSA) is 111 Å². The van der Waals surface area contributed by atoms with Crippen molar-refractivity contribution < 1.29 is 29.3 Å². The fourth-order valence-electron chi connectivity index (χ4n) is 4.29. The molecule has 0 fully saturated rings. The average Bonchev–Trinajstić information content (AvgIpc) is 2.81. The zero-order valence-electron chi connectivity index (χ0n) is 18.4. The van der Waals surface area contributed by atoms with Crippen LogP contribution in [0, 0.1) is 0 Å². The van der Waals surface area contributed by atoms with E-state index < -0.39 is 11.9 Å². The number of nitrogens with zero attached hydrogens (tertiary/aromatic N) is 1. The summed E-state index contributed by atoms with van der Waals surface area (Å²) in [5, 5.41) is 32.4. The number of hydrogen-bond acceptors (Lipinski definition) is 4. The molecule has 0 amide bonds. The van der Waals surface area contributed by atoms with Gasteiger partial charge in [0, 0.05) is 28.0 Å². The third kappa shape index (κ3) is 3.34. The fourth-order valence-corrected chi connectivity index (χ4v) is 4.29. The van der Waals surface area contributed by atoms with Gasteiger partial charge in [-0.25, -0.2) is 14.2 Å². The molecule has 0 radical (unpaired) electrons. The van der Waals surface area contributed by atoms with Gasteiger partial charge in [-0.1, -0.05) is 12.1 Å². The molecule has 3 aromatic carbocycles. The maximum Gasteiger partial charge on any atom is 0.336 e. The number of carbonyl (C=O) groups is 2. The Morgan fingerprint density at radius 1 is 0.794 bits per heavy atom. The summed E-state index contributed by atoms with van der Waals surface area (Å²) in [4.78, 5) is 23.7. The zero-order valence-corrected chi connectivity index (χ0v) is 18.4. The van der Waals surface area contributed by atoms with Gasteiger partial charge in [-0.05, 0) is 53.4 Å². The van der Waals surface area contributed by atoms with E-state index in [2.05, 4.69) is 0 Å². The van der Waals surface area contributed by atoms with Crippen LogP contribution in [0.1, 0.15) is 20.7 Å². The first-order valence-corrected chi connectivity index (χ1v) is 10.5. The lowest BCUT2D eigenvalue weighted by atomic mass is 9.89. The molecule has 2 aliphatic rings. The van der Waals surface area contributed by atoms with E-state index in [1.165, 1.54) is 18.2 Å². The van der Waals surface area contributed by atoms with Gasteiger partial charge in [-0.15, -0.1) is 0 Å². The minimum Gasteiger partial charge on any atom is -0.508 e. The minimum atomic E-state index is -1.23. The van der Waals surface area contributed by atoms with E-state index in [0.29, 0.717) is 33.4 Å². The molecular formula is C27H20NO6+. The number of phenolic OH excluding ortho intramolecular Hbond substituents is 1. The van der Waals surface area contributed by atoms with E-state index in [0.717, 1.165) is 16.1 Å². The molecule has 1 aliphatic carbocycles. The number of fused-ring (bicyclic) bond motifs is 4. The SMILES string of the molecule is C[N+](C)=c1ccc2c(-c3ccc(C(=O)O)cc3C(=O)O)c3ccc4cc(O)ccc4c3oc-2c1. The monoisotopic (exact) mass is 454 g/mol. The smallest absolute Gasteiger partial charge is 0.336 e. The number of rotatable bonds is 3. The summed E-state index contributed by atoms with van der Waals surface area (Å²) in [7, 11) is 3.82. The standard InChI is InChI=1S/C27H19NO6/c1-28(2)16-5-9-20-23(13-16)34-25-18-10-6-17(29)11-14(18)3-8-21(25)24(20)19-7-4-15(26(30)31)12-22(19)27(32)33/h3-13H,1-2H3,(H2,30,31,32,33)/p+1. The molecule has 0 atom stereocenters. The van der Waals surface area contributed by atoms with Gasteiger partial charge in [0.1, 0.15) is 31.2 Å². The molecule has 5 rings (SSSR count). The van der Waals surface area contributed by atoms with Crippen molar-refractivity contribution in [3.8, 4) is 28.2 Å². The van der Waals surface area contributed by atoms with Crippen molar-refractivity contribution in [1.29, 1.82) is 0 Å². The van der Waals surface area contributed by atoms with E-state index in [1.54, 1.807) is 18.2 Å². The van der Waals surface area contributed by atoms with E-state index in [9.17, 15) is 24.9 Å². The predicted molar refractivity (Wildman–Crippen MR) is 128 cm³/mol. The summed E-state index contributed by atoms with van der Waals surface area (Å²) in [6.45, 7) is 0. The molecular weight excluding hydrogens is 434 g/mol. The molecule has 7 heteroatoms. The third-order valence-electron chi connectivity index (χ3n) is 5.95. The first-order chi connectivity index (χ1) is 16.2. The van der Waals surface area contributed by atoms with Crippen molar-refractivity contribution in [1.82, 2.24) is 4.58 Å². The van der Waals surface area contributed by atoms with Gasteiger partial charge >= 0.3 is 11.9 Å². The molecule has 168 valence electrons. The molecule has 0 unspecified atom stereocenters. The quantitative estimate of drug-likeness (QED) is 0.210. The first kappa shape index (κ1) is 21.2. The molecule has 0 aromatic heterocycles. The summed E-state index contributed by atoms with van der Waals surface area (Å²) in [6.07, 6.45) is 0. The number of carboxylic acids is 2. The Morgan fingerprint density at radius 2 is 1.53 bits per heavy atom. The Morgan fingerprint density at radius 3 is 2.24 bits per heavy atom. The molecule has 1 heterocycles. The molecule has 3 N–H and O–H groups in total. The summed E-state index contributed by atoms with van der Waals surface area (Å²) in [5.74, 6) is -1.75. The molecule has 3 aromatic rings. The number of benzene rings is 4. The van der Waals surface area contributed by atoms with Crippen LogP contribution in [0.2, 0.25) is 0 Å². The Labute approximate surface area is 193 Å². The second kappa shape index (κ2) is 7.74. The fraction of sp³-hybridized carbons (Fsp3) is 0.0741. The van der Waals surface area contributed by atoms with Crippen LogP contribution in [0.5, 0.6) is 5.75 Å². The molecule has 0 saturated heterocycles. The number of aromatic hydroxyl groups is 1. The summed E-state index contributed by atoms with van der Waals surface area (Å²) in [6, 6.07) is 18.4.